The van der Waals surface area contributed by atoms with E-state index in [9.17, 15) is 4.39 Å². The Morgan fingerprint density at radius 2 is 2.30 bits per heavy atom. The molecule has 0 aliphatic carbocycles. The fourth-order valence-corrected chi connectivity index (χ4v) is 1.45. The van der Waals surface area contributed by atoms with E-state index in [0.29, 0.717) is 0 Å². The molecule has 100 valence electrons. The molecule has 20 heavy (non-hydrogen) atoms. The van der Waals surface area contributed by atoms with Crippen molar-refractivity contribution in [1.82, 2.24) is 20.6 Å². The molecule has 2 rings (SSSR count). The van der Waals surface area contributed by atoms with Crippen LogP contribution in [0.25, 0.3) is 5.57 Å². The maximum atomic E-state index is 13.0. The van der Waals surface area contributed by atoms with E-state index in [0.717, 1.165) is 12.1 Å². The van der Waals surface area contributed by atoms with Crippen molar-refractivity contribution in [1.29, 1.82) is 5.26 Å². The van der Waals surface area contributed by atoms with Crippen LogP contribution in [0, 0.1) is 17.1 Å². The molecule has 0 unspecified atom stereocenters. The molecule has 0 atom stereocenters. The minimum absolute atomic E-state index is 0.0633. The third-order valence-electron chi connectivity index (χ3n) is 2.37. The molecule has 1 aromatic carbocycles. The minimum atomic E-state index is -1.85. The first kappa shape index (κ1) is 13.7. The van der Waals surface area contributed by atoms with Gasteiger partial charge in [-0.3, -0.25) is 0 Å². The van der Waals surface area contributed by atoms with E-state index in [1.165, 1.54) is 12.3 Å². The quantitative estimate of drug-likeness (QED) is 0.415. The molecule has 0 spiro atoms. The van der Waals surface area contributed by atoms with Crippen molar-refractivity contribution >= 4 is 23.8 Å². The van der Waals surface area contributed by atoms with E-state index >= 15 is 0 Å². The first-order chi connectivity index (χ1) is 9.61. The van der Waals surface area contributed by atoms with Gasteiger partial charge in [0.2, 0.25) is 5.82 Å². The highest BCUT2D eigenvalue weighted by atomic mass is 19.1. The first-order valence-electron chi connectivity index (χ1n) is 5.38. The predicted molar refractivity (Wildman–Crippen MR) is 67.6 cm³/mol. The molecule has 0 aliphatic heterocycles. The predicted octanol–water partition coefficient (Wildman–Crippen LogP) is -1.00. The van der Waals surface area contributed by atoms with Crippen molar-refractivity contribution in [3.63, 3.8) is 0 Å². The van der Waals surface area contributed by atoms with Crippen molar-refractivity contribution < 1.29 is 14.4 Å². The van der Waals surface area contributed by atoms with E-state index in [2.05, 4.69) is 25.9 Å². The van der Waals surface area contributed by atoms with Crippen LogP contribution in [0.1, 0.15) is 5.82 Å². The Balaban J connectivity index is 2.29. The van der Waals surface area contributed by atoms with Gasteiger partial charge in [0.05, 0.1) is 0 Å². The van der Waals surface area contributed by atoms with Gasteiger partial charge in [-0.05, 0) is 23.4 Å². The van der Waals surface area contributed by atoms with Gasteiger partial charge in [-0.2, -0.15) is 10.5 Å². The summed E-state index contributed by atoms with van der Waals surface area (Å²) in [5.74, 6) is -0.533. The molecule has 0 saturated carbocycles. The van der Waals surface area contributed by atoms with Gasteiger partial charge in [0.1, 0.15) is 17.5 Å². The molecule has 4 N–H and O–H groups in total. The second-order valence-corrected chi connectivity index (χ2v) is 3.65. The number of aromatic amines is 1. The van der Waals surface area contributed by atoms with Crippen molar-refractivity contribution in [3.8, 4) is 6.07 Å². The zero-order chi connectivity index (χ0) is 14.5. The molecule has 0 saturated heterocycles. The summed E-state index contributed by atoms with van der Waals surface area (Å²) in [6.45, 7) is 0. The number of anilines is 1. The Kier molecular flexibility index (Phi) is 4.04. The highest BCUT2D eigenvalue weighted by molar-refractivity contribution is 6.60. The standard InChI is InChI=1S/C10H8BFN6O2/c12-7-1-2-9(8(3-7)11(19)20)14-5-6(4-13)10-15-17-18-16-10/h1-3,5,14,19-20H,(H,15,16,17,18). The topological polar surface area (TPSA) is 131 Å². The molecule has 0 aliphatic rings. The molecule has 0 amide bonds. The van der Waals surface area contributed by atoms with Gasteiger partial charge in [-0.1, -0.05) is 0 Å². The lowest BCUT2D eigenvalue weighted by molar-refractivity contribution is 0.425. The molecule has 2 aromatic rings. The maximum Gasteiger partial charge on any atom is 0.490 e. The lowest BCUT2D eigenvalue weighted by atomic mass is 9.79. The summed E-state index contributed by atoms with van der Waals surface area (Å²) in [4.78, 5) is 0. The Bertz CT molecular complexity index is 667. The molecule has 1 heterocycles. The summed E-state index contributed by atoms with van der Waals surface area (Å²) in [6.07, 6.45) is 1.25. The highest BCUT2D eigenvalue weighted by Gasteiger charge is 2.17. The SMILES string of the molecule is N#CC(=CNc1ccc(F)cc1B(O)O)c1nn[nH]n1. The fraction of sp³-hybridized carbons (Fsp3) is 0. The van der Waals surface area contributed by atoms with Gasteiger partial charge >= 0.3 is 7.12 Å². The van der Waals surface area contributed by atoms with E-state index in [1.807, 2.05) is 6.07 Å². The van der Waals surface area contributed by atoms with Crippen LogP contribution in [0.2, 0.25) is 0 Å². The highest BCUT2D eigenvalue weighted by Crippen LogP contribution is 2.10. The third-order valence-corrected chi connectivity index (χ3v) is 2.37. The fourth-order valence-electron chi connectivity index (χ4n) is 1.45. The summed E-state index contributed by atoms with van der Waals surface area (Å²) >= 11 is 0. The smallest absolute Gasteiger partial charge is 0.423 e. The zero-order valence-electron chi connectivity index (χ0n) is 9.95. The van der Waals surface area contributed by atoms with Crippen LogP contribution in [0.5, 0.6) is 0 Å². The van der Waals surface area contributed by atoms with Gasteiger partial charge in [0.15, 0.2) is 0 Å². The summed E-state index contributed by atoms with van der Waals surface area (Å²) in [7, 11) is -1.85. The third kappa shape index (κ3) is 2.97. The number of halogens is 1. The number of rotatable bonds is 4. The normalized spacial score (nSPS) is 11.0. The number of aromatic nitrogens is 4. The Labute approximate surface area is 112 Å². The van der Waals surface area contributed by atoms with Gasteiger partial charge in [-0.15, -0.1) is 10.2 Å². The number of hydrogen-bond donors (Lipinski definition) is 4. The Morgan fingerprint density at radius 1 is 1.50 bits per heavy atom. The van der Waals surface area contributed by atoms with Crippen molar-refractivity contribution in [2.24, 2.45) is 0 Å². The lowest BCUT2D eigenvalue weighted by Gasteiger charge is -2.08. The number of tetrazole rings is 1. The van der Waals surface area contributed by atoms with Crippen molar-refractivity contribution in [3.05, 3.63) is 36.0 Å². The molecule has 0 bridgehead atoms. The molecule has 0 radical (unpaired) electrons. The van der Waals surface area contributed by atoms with Gasteiger partial charge < -0.3 is 15.4 Å². The number of H-pyrrole nitrogens is 1. The van der Waals surface area contributed by atoms with Crippen molar-refractivity contribution in [2.75, 3.05) is 5.32 Å². The average Bonchev–Trinajstić information content (AvgIpc) is 2.94. The van der Waals surface area contributed by atoms with Crippen LogP contribution in [0.3, 0.4) is 0 Å². The van der Waals surface area contributed by atoms with E-state index in [1.54, 1.807) is 0 Å². The maximum absolute atomic E-state index is 13.0. The zero-order valence-corrected chi connectivity index (χ0v) is 9.95. The number of hydrogen-bond acceptors (Lipinski definition) is 7. The first-order valence-corrected chi connectivity index (χ1v) is 5.38. The molecular weight excluding hydrogens is 266 g/mol. The van der Waals surface area contributed by atoms with E-state index in [-0.39, 0.29) is 22.5 Å². The van der Waals surface area contributed by atoms with Crippen LogP contribution in [-0.4, -0.2) is 37.8 Å². The monoisotopic (exact) mass is 274 g/mol. The molecular formula is C10H8BFN6O2. The lowest BCUT2D eigenvalue weighted by Crippen LogP contribution is -2.32. The molecule has 1 aromatic heterocycles. The van der Waals surface area contributed by atoms with Crippen LogP contribution in [-0.2, 0) is 0 Å². The summed E-state index contributed by atoms with van der Waals surface area (Å²) in [5.41, 5.74) is 0.241. The van der Waals surface area contributed by atoms with Gasteiger partial charge in [-0.25, -0.2) is 4.39 Å². The molecule has 10 heteroatoms. The summed E-state index contributed by atoms with van der Waals surface area (Å²) in [5, 5.41) is 42.7. The number of nitriles is 1. The van der Waals surface area contributed by atoms with Crippen LogP contribution >= 0.6 is 0 Å². The van der Waals surface area contributed by atoms with Crippen LogP contribution in [0.15, 0.2) is 24.4 Å². The van der Waals surface area contributed by atoms with E-state index in [4.69, 9.17) is 15.3 Å². The Morgan fingerprint density at radius 3 is 2.90 bits per heavy atom. The molecule has 8 nitrogen and oxygen atoms in total. The summed E-state index contributed by atoms with van der Waals surface area (Å²) < 4.78 is 13.0. The minimum Gasteiger partial charge on any atom is -0.423 e. The number of benzene rings is 1. The molecule has 0 fully saturated rings. The average molecular weight is 274 g/mol. The van der Waals surface area contributed by atoms with E-state index < -0.39 is 12.9 Å². The van der Waals surface area contributed by atoms with Crippen molar-refractivity contribution in [2.45, 2.75) is 0 Å². The number of nitrogens with one attached hydrogen (secondary N) is 2. The Hall–Kier alpha value is -2.77. The number of allylic oxidation sites excluding steroid dienone is 1. The van der Waals surface area contributed by atoms with Gasteiger partial charge in [0, 0.05) is 17.4 Å². The largest absolute Gasteiger partial charge is 0.490 e. The van der Waals surface area contributed by atoms with Crippen LogP contribution < -0.4 is 10.8 Å². The van der Waals surface area contributed by atoms with Gasteiger partial charge in [0.25, 0.3) is 0 Å². The second-order valence-electron chi connectivity index (χ2n) is 3.65. The van der Waals surface area contributed by atoms with Crippen LogP contribution in [0.4, 0.5) is 10.1 Å². The summed E-state index contributed by atoms with van der Waals surface area (Å²) in [6, 6.07) is 5.28. The number of nitrogens with zero attached hydrogens (tertiary/aromatic N) is 4. The second kappa shape index (κ2) is 5.92.